The third kappa shape index (κ3) is 2.28. The highest BCUT2D eigenvalue weighted by Gasteiger charge is 2.10. The largest absolute Gasteiger partial charge is 0.497 e. The second-order valence-electron chi connectivity index (χ2n) is 4.42. The molecule has 2 aromatic rings. The molecule has 0 spiro atoms. The van der Waals surface area contributed by atoms with E-state index in [0.29, 0.717) is 6.61 Å². The average molecular weight is 266 g/mol. The Morgan fingerprint density at radius 1 is 0.900 bits per heavy atom. The summed E-state index contributed by atoms with van der Waals surface area (Å²) in [5, 5.41) is 0. The van der Waals surface area contributed by atoms with Crippen LogP contribution >= 0.6 is 0 Å². The first-order valence-corrected chi connectivity index (χ1v) is 6.30. The molecule has 1 heterocycles. The van der Waals surface area contributed by atoms with E-state index in [2.05, 4.69) is 11.8 Å². The van der Waals surface area contributed by atoms with Crippen LogP contribution < -0.4 is 14.2 Å². The van der Waals surface area contributed by atoms with Gasteiger partial charge in [0.1, 0.15) is 23.9 Å². The second kappa shape index (κ2) is 5.18. The van der Waals surface area contributed by atoms with Gasteiger partial charge in [-0.3, -0.25) is 0 Å². The standard InChI is InChI=1S/C17H14O3/c1-18-15-7-5-12-3-4-13-6-8-16(19-2)10-17(13)20-11-14(12)9-15/h5-10H,11H2,1-2H3. The van der Waals surface area contributed by atoms with Crippen molar-refractivity contribution in [3.05, 3.63) is 53.1 Å². The molecule has 0 atom stereocenters. The first kappa shape index (κ1) is 12.4. The monoisotopic (exact) mass is 266 g/mol. The number of ether oxygens (including phenoxy) is 3. The molecule has 0 fully saturated rings. The lowest BCUT2D eigenvalue weighted by Crippen LogP contribution is -2.03. The number of hydrogen-bond acceptors (Lipinski definition) is 3. The maximum atomic E-state index is 5.86. The van der Waals surface area contributed by atoms with Crippen LogP contribution in [0.2, 0.25) is 0 Å². The van der Waals surface area contributed by atoms with Gasteiger partial charge in [0.15, 0.2) is 0 Å². The lowest BCUT2D eigenvalue weighted by Gasteiger charge is -2.14. The minimum Gasteiger partial charge on any atom is -0.497 e. The van der Waals surface area contributed by atoms with Crippen LogP contribution in [0, 0.1) is 11.8 Å². The lowest BCUT2D eigenvalue weighted by atomic mass is 10.1. The van der Waals surface area contributed by atoms with E-state index in [0.717, 1.165) is 33.9 Å². The SMILES string of the molecule is COc1ccc2c(c1)COc1cc(OC)ccc1C#C2. The van der Waals surface area contributed by atoms with Gasteiger partial charge in [0, 0.05) is 17.2 Å². The van der Waals surface area contributed by atoms with Gasteiger partial charge in [-0.2, -0.15) is 0 Å². The van der Waals surface area contributed by atoms with Gasteiger partial charge in [0.05, 0.1) is 19.8 Å². The minimum absolute atomic E-state index is 0.460. The van der Waals surface area contributed by atoms with Gasteiger partial charge < -0.3 is 14.2 Å². The number of benzene rings is 2. The van der Waals surface area contributed by atoms with Crippen molar-refractivity contribution in [2.45, 2.75) is 6.61 Å². The van der Waals surface area contributed by atoms with Crippen molar-refractivity contribution in [2.24, 2.45) is 0 Å². The second-order valence-corrected chi connectivity index (χ2v) is 4.42. The summed E-state index contributed by atoms with van der Waals surface area (Å²) in [6, 6.07) is 11.5. The molecule has 1 aliphatic heterocycles. The molecule has 0 amide bonds. The van der Waals surface area contributed by atoms with Crippen LogP contribution in [0.15, 0.2) is 36.4 Å². The van der Waals surface area contributed by atoms with Crippen molar-refractivity contribution in [3.63, 3.8) is 0 Å². The molecule has 3 heteroatoms. The number of rotatable bonds is 2. The normalized spacial score (nSPS) is 11.7. The fraction of sp³-hybridized carbons (Fsp3) is 0.176. The highest BCUT2D eigenvalue weighted by Crippen LogP contribution is 2.27. The van der Waals surface area contributed by atoms with Crippen molar-refractivity contribution < 1.29 is 14.2 Å². The fourth-order valence-electron chi connectivity index (χ4n) is 2.08. The van der Waals surface area contributed by atoms with Crippen LogP contribution in [-0.4, -0.2) is 14.2 Å². The van der Waals surface area contributed by atoms with Crippen LogP contribution in [0.5, 0.6) is 17.2 Å². The Morgan fingerprint density at radius 2 is 1.55 bits per heavy atom. The molecule has 0 radical (unpaired) electrons. The molecule has 100 valence electrons. The van der Waals surface area contributed by atoms with E-state index in [4.69, 9.17) is 14.2 Å². The highest BCUT2D eigenvalue weighted by atomic mass is 16.5. The van der Waals surface area contributed by atoms with Gasteiger partial charge in [-0.25, -0.2) is 0 Å². The van der Waals surface area contributed by atoms with E-state index >= 15 is 0 Å². The highest BCUT2D eigenvalue weighted by molar-refractivity contribution is 5.55. The summed E-state index contributed by atoms with van der Waals surface area (Å²) in [6.07, 6.45) is 0. The molecule has 0 N–H and O–H groups in total. The van der Waals surface area contributed by atoms with Gasteiger partial charge in [-0.1, -0.05) is 11.8 Å². The molecule has 1 aliphatic rings. The maximum absolute atomic E-state index is 5.86. The number of fused-ring (bicyclic) bond motifs is 2. The van der Waals surface area contributed by atoms with Crippen LogP contribution in [0.25, 0.3) is 0 Å². The third-order valence-corrected chi connectivity index (χ3v) is 3.22. The predicted octanol–water partition coefficient (Wildman–Crippen LogP) is 3.00. The Morgan fingerprint density at radius 3 is 2.30 bits per heavy atom. The van der Waals surface area contributed by atoms with Crippen molar-refractivity contribution in [1.82, 2.24) is 0 Å². The molecular weight excluding hydrogens is 252 g/mol. The molecule has 0 bridgehead atoms. The van der Waals surface area contributed by atoms with Crippen LogP contribution in [0.3, 0.4) is 0 Å². The molecule has 20 heavy (non-hydrogen) atoms. The van der Waals surface area contributed by atoms with E-state index < -0.39 is 0 Å². The van der Waals surface area contributed by atoms with E-state index in [-0.39, 0.29) is 0 Å². The summed E-state index contributed by atoms with van der Waals surface area (Å²) in [5.74, 6) is 8.63. The van der Waals surface area contributed by atoms with E-state index in [1.807, 2.05) is 36.4 Å². The molecule has 0 aliphatic carbocycles. The summed E-state index contributed by atoms with van der Waals surface area (Å²) in [5.41, 5.74) is 2.85. The molecular formula is C17H14O3. The number of methoxy groups -OCH3 is 2. The Hall–Kier alpha value is -2.60. The zero-order valence-electron chi connectivity index (χ0n) is 11.4. The van der Waals surface area contributed by atoms with Crippen LogP contribution in [0.1, 0.15) is 16.7 Å². The average Bonchev–Trinajstić information content (AvgIpc) is 2.49. The first-order chi connectivity index (χ1) is 9.80. The van der Waals surface area contributed by atoms with Gasteiger partial charge in [0.2, 0.25) is 0 Å². The molecule has 0 aromatic heterocycles. The van der Waals surface area contributed by atoms with Gasteiger partial charge in [-0.15, -0.1) is 0 Å². The van der Waals surface area contributed by atoms with Gasteiger partial charge in [-0.05, 0) is 30.3 Å². The van der Waals surface area contributed by atoms with Crippen molar-refractivity contribution >= 4 is 0 Å². The molecule has 0 saturated carbocycles. The van der Waals surface area contributed by atoms with Crippen molar-refractivity contribution in [1.29, 1.82) is 0 Å². The molecule has 0 unspecified atom stereocenters. The summed E-state index contributed by atoms with van der Waals surface area (Å²) >= 11 is 0. The fourth-order valence-corrected chi connectivity index (χ4v) is 2.08. The molecule has 3 rings (SSSR count). The zero-order valence-corrected chi connectivity index (χ0v) is 11.4. The first-order valence-electron chi connectivity index (χ1n) is 6.30. The van der Waals surface area contributed by atoms with Gasteiger partial charge in [0.25, 0.3) is 0 Å². The van der Waals surface area contributed by atoms with Crippen molar-refractivity contribution in [3.8, 4) is 29.1 Å². The van der Waals surface area contributed by atoms with E-state index in [1.165, 1.54) is 0 Å². The van der Waals surface area contributed by atoms with Crippen molar-refractivity contribution in [2.75, 3.05) is 14.2 Å². The molecule has 3 nitrogen and oxygen atoms in total. The predicted molar refractivity (Wildman–Crippen MR) is 76.3 cm³/mol. The summed E-state index contributed by atoms with van der Waals surface area (Å²) in [4.78, 5) is 0. The number of hydrogen-bond donors (Lipinski definition) is 0. The van der Waals surface area contributed by atoms with Crippen LogP contribution in [0.4, 0.5) is 0 Å². The topological polar surface area (TPSA) is 27.7 Å². The maximum Gasteiger partial charge on any atom is 0.139 e. The Bertz CT molecular complexity index is 648. The molecule has 0 saturated heterocycles. The quantitative estimate of drug-likeness (QED) is 0.782. The smallest absolute Gasteiger partial charge is 0.139 e. The summed E-state index contributed by atoms with van der Waals surface area (Å²) in [6.45, 7) is 0.460. The molecule has 2 aromatic carbocycles. The van der Waals surface area contributed by atoms with E-state index in [9.17, 15) is 0 Å². The Labute approximate surface area is 118 Å². The van der Waals surface area contributed by atoms with Gasteiger partial charge >= 0.3 is 0 Å². The zero-order chi connectivity index (χ0) is 13.9. The minimum atomic E-state index is 0.460. The summed E-state index contributed by atoms with van der Waals surface area (Å²) < 4.78 is 16.3. The third-order valence-electron chi connectivity index (χ3n) is 3.22. The lowest BCUT2D eigenvalue weighted by molar-refractivity contribution is 0.301. The Kier molecular flexibility index (Phi) is 3.22. The van der Waals surface area contributed by atoms with Crippen LogP contribution in [-0.2, 0) is 6.61 Å². The van der Waals surface area contributed by atoms with E-state index in [1.54, 1.807) is 14.2 Å². The summed E-state index contributed by atoms with van der Waals surface area (Å²) in [7, 11) is 3.29. The Balaban J connectivity index is 2.05.